The van der Waals surface area contributed by atoms with Crippen LogP contribution in [0.5, 0.6) is 11.5 Å². The molecule has 3 aromatic rings. The van der Waals surface area contributed by atoms with Crippen LogP contribution in [0.4, 0.5) is 5.69 Å². The van der Waals surface area contributed by atoms with E-state index in [1.54, 1.807) is 24.3 Å². The van der Waals surface area contributed by atoms with Gasteiger partial charge in [0.25, 0.3) is 5.91 Å². The van der Waals surface area contributed by atoms with Crippen LogP contribution in [0.15, 0.2) is 71.1 Å². The summed E-state index contributed by atoms with van der Waals surface area (Å²) in [5, 5.41) is 12.1. The van der Waals surface area contributed by atoms with Gasteiger partial charge in [-0.3, -0.25) is 4.79 Å². The minimum atomic E-state index is -4.17. The third kappa shape index (κ3) is 5.76. The predicted molar refractivity (Wildman–Crippen MR) is 130 cm³/mol. The average Bonchev–Trinajstić information content (AvgIpc) is 2.80. The number of anilines is 1. The van der Waals surface area contributed by atoms with Crippen molar-refractivity contribution in [2.45, 2.75) is 18.7 Å². The molecule has 0 spiro atoms. The zero-order valence-corrected chi connectivity index (χ0v) is 20.2. The zero-order chi connectivity index (χ0) is 24.9. The zero-order valence-electron chi connectivity index (χ0n) is 18.6. The van der Waals surface area contributed by atoms with Crippen LogP contribution < -0.4 is 14.2 Å². The SMILES string of the molecule is COc1cc(/C=C(\C#N)C(=O)Nc2ccccc2C)cc(Cl)c1OS(=O)(=O)c1ccc(C)cc1. The second-order valence-corrected chi connectivity index (χ2v) is 9.28. The van der Waals surface area contributed by atoms with Crippen LogP contribution in [0.1, 0.15) is 16.7 Å². The highest BCUT2D eigenvalue weighted by molar-refractivity contribution is 7.87. The molecule has 0 saturated heterocycles. The average molecular weight is 497 g/mol. The Balaban J connectivity index is 1.92. The van der Waals surface area contributed by atoms with Crippen LogP contribution in [-0.2, 0) is 14.9 Å². The van der Waals surface area contributed by atoms with Gasteiger partial charge < -0.3 is 14.2 Å². The van der Waals surface area contributed by atoms with Gasteiger partial charge in [0.2, 0.25) is 5.75 Å². The first kappa shape index (κ1) is 24.8. The van der Waals surface area contributed by atoms with E-state index in [0.717, 1.165) is 11.1 Å². The fourth-order valence-corrected chi connectivity index (χ4v) is 4.25. The molecule has 3 aromatic carbocycles. The molecule has 34 heavy (non-hydrogen) atoms. The molecule has 0 atom stereocenters. The first-order chi connectivity index (χ1) is 16.1. The highest BCUT2D eigenvalue weighted by Gasteiger charge is 2.22. The molecule has 9 heteroatoms. The molecule has 1 N–H and O–H groups in total. The fourth-order valence-electron chi connectivity index (χ4n) is 2.98. The number of halogens is 1. The quantitative estimate of drug-likeness (QED) is 0.271. The standard InChI is InChI=1S/C25H21ClN2O5S/c1-16-8-10-20(11-9-16)34(30,31)33-24-21(26)13-18(14-23(24)32-3)12-19(15-27)25(29)28-22-7-5-4-6-17(22)2/h4-14H,1-3H3,(H,28,29)/b19-12+. The van der Waals surface area contributed by atoms with E-state index >= 15 is 0 Å². The molecule has 174 valence electrons. The maximum absolute atomic E-state index is 12.7. The van der Waals surface area contributed by atoms with Gasteiger partial charge in [0, 0.05) is 5.69 Å². The first-order valence-electron chi connectivity index (χ1n) is 10.0. The van der Waals surface area contributed by atoms with E-state index in [9.17, 15) is 18.5 Å². The van der Waals surface area contributed by atoms with Gasteiger partial charge in [-0.15, -0.1) is 0 Å². The number of hydrogen-bond donors (Lipinski definition) is 1. The Morgan fingerprint density at radius 3 is 2.38 bits per heavy atom. The van der Waals surface area contributed by atoms with E-state index in [1.165, 1.54) is 37.5 Å². The molecule has 0 radical (unpaired) electrons. The number of para-hydroxylation sites is 1. The second kappa shape index (κ2) is 10.4. The smallest absolute Gasteiger partial charge is 0.339 e. The number of nitrogens with one attached hydrogen (secondary N) is 1. The number of rotatable bonds is 7. The molecule has 1 amide bonds. The summed E-state index contributed by atoms with van der Waals surface area (Å²) in [4.78, 5) is 12.6. The summed E-state index contributed by atoms with van der Waals surface area (Å²) in [7, 11) is -2.85. The van der Waals surface area contributed by atoms with E-state index in [4.69, 9.17) is 20.5 Å². The number of aryl methyl sites for hydroxylation is 2. The molecular weight excluding hydrogens is 476 g/mol. The lowest BCUT2D eigenvalue weighted by Gasteiger charge is -2.13. The van der Waals surface area contributed by atoms with Crippen molar-refractivity contribution in [1.29, 1.82) is 5.26 Å². The molecule has 7 nitrogen and oxygen atoms in total. The van der Waals surface area contributed by atoms with Crippen molar-refractivity contribution in [1.82, 2.24) is 0 Å². The molecule has 0 aliphatic rings. The van der Waals surface area contributed by atoms with Crippen molar-refractivity contribution in [2.75, 3.05) is 12.4 Å². The summed E-state index contributed by atoms with van der Waals surface area (Å²) in [6, 6.07) is 18.0. The Labute approximate surface area is 203 Å². The minimum Gasteiger partial charge on any atom is -0.493 e. The van der Waals surface area contributed by atoms with Crippen molar-refractivity contribution < 1.29 is 22.1 Å². The van der Waals surface area contributed by atoms with E-state index < -0.39 is 16.0 Å². The van der Waals surface area contributed by atoms with Gasteiger partial charge >= 0.3 is 10.1 Å². The number of benzene rings is 3. The number of methoxy groups -OCH3 is 1. The molecule has 0 aliphatic heterocycles. The lowest BCUT2D eigenvalue weighted by atomic mass is 10.1. The van der Waals surface area contributed by atoms with Crippen molar-refractivity contribution in [3.63, 3.8) is 0 Å². The van der Waals surface area contributed by atoms with Crippen LogP contribution in [0, 0.1) is 25.2 Å². The number of carbonyl (C=O) groups excluding carboxylic acids is 1. The van der Waals surface area contributed by atoms with Gasteiger partial charge in [0.15, 0.2) is 5.75 Å². The molecule has 0 bridgehead atoms. The number of nitrogens with zero attached hydrogens (tertiary/aromatic N) is 1. The van der Waals surface area contributed by atoms with Gasteiger partial charge in [-0.05, 0) is 61.4 Å². The highest BCUT2D eigenvalue weighted by atomic mass is 35.5. The van der Waals surface area contributed by atoms with Crippen molar-refractivity contribution in [3.8, 4) is 17.6 Å². The molecule has 0 aliphatic carbocycles. The van der Waals surface area contributed by atoms with E-state index in [-0.39, 0.29) is 27.0 Å². The lowest BCUT2D eigenvalue weighted by molar-refractivity contribution is -0.112. The minimum absolute atomic E-state index is 0.0195. The summed E-state index contributed by atoms with van der Waals surface area (Å²) < 4.78 is 35.9. The molecule has 0 saturated carbocycles. The van der Waals surface area contributed by atoms with Gasteiger partial charge in [0.1, 0.15) is 16.5 Å². The van der Waals surface area contributed by atoms with Crippen LogP contribution in [0.25, 0.3) is 6.08 Å². The lowest BCUT2D eigenvalue weighted by Crippen LogP contribution is -2.14. The summed E-state index contributed by atoms with van der Waals surface area (Å²) in [6.07, 6.45) is 1.32. The van der Waals surface area contributed by atoms with Crippen LogP contribution in [0.2, 0.25) is 5.02 Å². The molecule has 0 fully saturated rings. The maximum atomic E-state index is 12.7. The van der Waals surface area contributed by atoms with E-state index in [0.29, 0.717) is 11.3 Å². The van der Waals surface area contributed by atoms with Gasteiger partial charge in [-0.2, -0.15) is 13.7 Å². The van der Waals surface area contributed by atoms with Gasteiger partial charge in [-0.25, -0.2) is 0 Å². The Hall–Kier alpha value is -3.80. The fraction of sp³-hybridized carbons (Fsp3) is 0.120. The maximum Gasteiger partial charge on any atom is 0.339 e. The Bertz CT molecular complexity index is 1410. The second-order valence-electron chi connectivity index (χ2n) is 7.32. The number of carbonyl (C=O) groups is 1. The summed E-state index contributed by atoms with van der Waals surface area (Å²) in [5.41, 5.74) is 2.48. The van der Waals surface area contributed by atoms with Gasteiger partial charge in [0.05, 0.1) is 12.1 Å². The largest absolute Gasteiger partial charge is 0.493 e. The summed E-state index contributed by atoms with van der Waals surface area (Å²) >= 11 is 6.31. The molecule has 0 aromatic heterocycles. The number of ether oxygens (including phenoxy) is 1. The normalized spacial score (nSPS) is 11.4. The van der Waals surface area contributed by atoms with Crippen molar-refractivity contribution in [3.05, 3.63) is 87.9 Å². The Morgan fingerprint density at radius 1 is 1.09 bits per heavy atom. The topological polar surface area (TPSA) is 105 Å². The number of amides is 1. The number of nitriles is 1. The molecule has 0 unspecified atom stereocenters. The van der Waals surface area contributed by atoms with Gasteiger partial charge in [-0.1, -0.05) is 47.5 Å². The Morgan fingerprint density at radius 2 is 1.76 bits per heavy atom. The van der Waals surface area contributed by atoms with E-state index in [1.807, 2.05) is 32.0 Å². The molecule has 0 heterocycles. The van der Waals surface area contributed by atoms with Crippen LogP contribution >= 0.6 is 11.6 Å². The predicted octanol–water partition coefficient (Wildman–Crippen LogP) is 5.28. The number of hydrogen-bond acceptors (Lipinski definition) is 6. The monoisotopic (exact) mass is 496 g/mol. The van der Waals surface area contributed by atoms with Crippen LogP contribution in [-0.4, -0.2) is 21.4 Å². The summed E-state index contributed by atoms with van der Waals surface area (Å²) in [6.45, 7) is 3.67. The first-order valence-corrected chi connectivity index (χ1v) is 11.8. The van der Waals surface area contributed by atoms with Crippen molar-refractivity contribution >= 4 is 39.4 Å². The highest BCUT2D eigenvalue weighted by Crippen LogP contribution is 2.39. The van der Waals surface area contributed by atoms with E-state index in [2.05, 4.69) is 5.32 Å². The third-order valence-corrected chi connectivity index (χ3v) is 6.34. The molecular formula is C25H21ClN2O5S. The van der Waals surface area contributed by atoms with Crippen molar-refractivity contribution in [2.24, 2.45) is 0 Å². The van der Waals surface area contributed by atoms with Crippen LogP contribution in [0.3, 0.4) is 0 Å². The third-order valence-electron chi connectivity index (χ3n) is 4.82. The molecule has 3 rings (SSSR count). The Kier molecular flexibility index (Phi) is 7.61. The summed E-state index contributed by atoms with van der Waals surface area (Å²) in [5.74, 6) is -0.787.